The summed E-state index contributed by atoms with van der Waals surface area (Å²) < 4.78 is 21.9. The number of carbonyl (C=O) groups excluding carboxylic acids is 3. The Hall–Kier alpha value is -4.45. The molecule has 12 heteroatoms. The Morgan fingerprint density at radius 1 is 1.02 bits per heavy atom. The Morgan fingerprint density at radius 3 is 2.56 bits per heavy atom. The van der Waals surface area contributed by atoms with Crippen LogP contribution in [0.1, 0.15) is 17.2 Å². The number of benzene rings is 2. The van der Waals surface area contributed by atoms with Crippen molar-refractivity contribution in [1.29, 1.82) is 0 Å². The van der Waals surface area contributed by atoms with Gasteiger partial charge < -0.3 is 34.1 Å². The third-order valence-electron chi connectivity index (χ3n) is 8.07. The maximum atomic E-state index is 13.7. The van der Waals surface area contributed by atoms with E-state index in [9.17, 15) is 14.4 Å². The number of nitrogens with one attached hydrogen (secondary N) is 1. The van der Waals surface area contributed by atoms with Crippen molar-refractivity contribution in [2.75, 3.05) is 67.3 Å². The normalized spacial score (nSPS) is 20.4. The SMILES string of the molecule is COc1cccc(C2NC(=O)N(C)C3=C2C(=O)N(CC(=O)N2CCN(Cc4ccc5c(c4)OCO5)CC2)C3)c1OC. The Kier molecular flexibility index (Phi) is 7.08. The van der Waals surface area contributed by atoms with Crippen LogP contribution in [-0.4, -0.2) is 105 Å². The van der Waals surface area contributed by atoms with Gasteiger partial charge in [0.1, 0.15) is 6.54 Å². The fourth-order valence-electron chi connectivity index (χ4n) is 5.84. The molecule has 0 radical (unpaired) electrons. The summed E-state index contributed by atoms with van der Waals surface area (Å²) in [4.78, 5) is 46.9. The molecule has 1 N–H and O–H groups in total. The first kappa shape index (κ1) is 26.8. The average molecular weight is 564 g/mol. The lowest BCUT2D eigenvalue weighted by molar-refractivity contribution is -0.139. The number of likely N-dealkylation sites (N-methyl/N-ethyl adjacent to an activating group) is 1. The van der Waals surface area contributed by atoms with Crippen LogP contribution in [0, 0.1) is 0 Å². The Labute approximate surface area is 238 Å². The molecule has 2 aromatic rings. The first-order valence-electron chi connectivity index (χ1n) is 13.5. The van der Waals surface area contributed by atoms with Gasteiger partial charge in [-0.2, -0.15) is 0 Å². The number of fused-ring (bicyclic) bond motifs is 1. The van der Waals surface area contributed by atoms with Gasteiger partial charge in [0.2, 0.25) is 12.7 Å². The van der Waals surface area contributed by atoms with E-state index >= 15 is 0 Å². The van der Waals surface area contributed by atoms with Crippen molar-refractivity contribution in [3.05, 3.63) is 58.8 Å². The van der Waals surface area contributed by atoms with Gasteiger partial charge in [-0.1, -0.05) is 18.2 Å². The van der Waals surface area contributed by atoms with Crippen molar-refractivity contribution in [1.82, 2.24) is 24.9 Å². The second-order valence-corrected chi connectivity index (χ2v) is 10.4. The van der Waals surface area contributed by atoms with Crippen LogP contribution in [0.3, 0.4) is 0 Å². The largest absolute Gasteiger partial charge is 0.493 e. The molecule has 0 aliphatic carbocycles. The smallest absolute Gasteiger partial charge is 0.322 e. The van der Waals surface area contributed by atoms with E-state index in [2.05, 4.69) is 10.2 Å². The summed E-state index contributed by atoms with van der Waals surface area (Å²) >= 11 is 0. The van der Waals surface area contributed by atoms with Crippen LogP contribution in [0.15, 0.2) is 47.7 Å². The van der Waals surface area contributed by atoms with Crippen LogP contribution in [0.5, 0.6) is 23.0 Å². The van der Waals surface area contributed by atoms with Gasteiger partial charge in [-0.25, -0.2) is 4.79 Å². The zero-order valence-corrected chi connectivity index (χ0v) is 23.3. The van der Waals surface area contributed by atoms with Gasteiger partial charge in [-0.3, -0.25) is 19.4 Å². The Bertz CT molecular complexity index is 1420. The van der Waals surface area contributed by atoms with Gasteiger partial charge >= 0.3 is 6.03 Å². The quantitative estimate of drug-likeness (QED) is 0.540. The van der Waals surface area contributed by atoms with Crippen LogP contribution < -0.4 is 24.3 Å². The van der Waals surface area contributed by atoms with Crippen LogP contribution >= 0.6 is 0 Å². The van der Waals surface area contributed by atoms with Crippen molar-refractivity contribution in [2.45, 2.75) is 12.6 Å². The second-order valence-electron chi connectivity index (χ2n) is 10.4. The molecular weight excluding hydrogens is 530 g/mol. The second kappa shape index (κ2) is 10.8. The highest BCUT2D eigenvalue weighted by atomic mass is 16.7. The molecule has 41 heavy (non-hydrogen) atoms. The van der Waals surface area contributed by atoms with E-state index < -0.39 is 6.04 Å². The molecule has 1 saturated heterocycles. The third-order valence-corrected chi connectivity index (χ3v) is 8.07. The van der Waals surface area contributed by atoms with E-state index in [1.807, 2.05) is 18.2 Å². The van der Waals surface area contributed by atoms with Crippen molar-refractivity contribution in [3.8, 4) is 23.0 Å². The number of piperazine rings is 1. The lowest BCUT2D eigenvalue weighted by Crippen LogP contribution is -2.51. The maximum absolute atomic E-state index is 13.7. The number of ether oxygens (including phenoxy) is 4. The van der Waals surface area contributed by atoms with E-state index in [4.69, 9.17) is 18.9 Å². The number of hydrogen-bond donors (Lipinski definition) is 1. The predicted octanol–water partition coefficient (Wildman–Crippen LogP) is 1.57. The standard InChI is InChI=1S/C29H33N5O7/c1-31-20-15-34(28(36)25(20)26(30-29(31)37)19-5-4-6-22(38-2)27(19)39-3)16-24(35)33-11-9-32(10-12-33)14-18-7-8-21-23(13-18)41-17-40-21/h4-8,13,26H,9-12,14-17H2,1-3H3,(H,30,37). The third kappa shape index (κ3) is 4.88. The summed E-state index contributed by atoms with van der Waals surface area (Å²) in [7, 11) is 4.68. The minimum absolute atomic E-state index is 0.0575. The van der Waals surface area contributed by atoms with Gasteiger partial charge in [0.15, 0.2) is 23.0 Å². The van der Waals surface area contributed by atoms with Gasteiger partial charge in [-0.05, 0) is 23.8 Å². The number of hydrogen-bond acceptors (Lipinski definition) is 8. The fourth-order valence-corrected chi connectivity index (χ4v) is 5.84. The molecule has 2 aromatic carbocycles. The molecule has 216 valence electrons. The Balaban J connectivity index is 1.11. The van der Waals surface area contributed by atoms with Crippen molar-refractivity contribution in [3.63, 3.8) is 0 Å². The van der Waals surface area contributed by atoms with Gasteiger partial charge in [0.05, 0.1) is 38.1 Å². The topological polar surface area (TPSA) is 113 Å². The lowest BCUT2D eigenvalue weighted by Gasteiger charge is -2.35. The van der Waals surface area contributed by atoms with E-state index in [1.54, 1.807) is 30.1 Å². The number of carbonyl (C=O) groups is 3. The molecule has 4 aliphatic heterocycles. The zero-order chi connectivity index (χ0) is 28.7. The molecule has 0 bridgehead atoms. The molecule has 6 rings (SSSR count). The number of methoxy groups -OCH3 is 2. The number of urea groups is 1. The molecule has 1 fully saturated rings. The molecular formula is C29H33N5O7. The van der Waals surface area contributed by atoms with Crippen molar-refractivity contribution >= 4 is 17.8 Å². The molecule has 1 unspecified atom stereocenters. The maximum Gasteiger partial charge on any atom is 0.322 e. The van der Waals surface area contributed by atoms with Crippen LogP contribution in [0.4, 0.5) is 4.79 Å². The summed E-state index contributed by atoms with van der Waals surface area (Å²) in [5.41, 5.74) is 2.75. The highest BCUT2D eigenvalue weighted by molar-refractivity contribution is 6.03. The minimum Gasteiger partial charge on any atom is -0.493 e. The van der Waals surface area contributed by atoms with Crippen LogP contribution in [0.2, 0.25) is 0 Å². The number of nitrogens with zero attached hydrogens (tertiary/aromatic N) is 4. The average Bonchev–Trinajstić information content (AvgIpc) is 3.59. The zero-order valence-electron chi connectivity index (χ0n) is 23.3. The monoisotopic (exact) mass is 563 g/mol. The summed E-state index contributed by atoms with van der Waals surface area (Å²) in [5, 5.41) is 2.92. The van der Waals surface area contributed by atoms with E-state index in [0.717, 1.165) is 36.7 Å². The first-order valence-corrected chi connectivity index (χ1v) is 13.5. The molecule has 4 amide bonds. The van der Waals surface area contributed by atoms with Crippen LogP contribution in [-0.2, 0) is 16.1 Å². The number of rotatable bonds is 7. The molecule has 0 saturated carbocycles. The van der Waals surface area contributed by atoms with E-state index in [0.29, 0.717) is 41.4 Å². The molecule has 0 aromatic heterocycles. The molecule has 4 aliphatic rings. The minimum atomic E-state index is -0.730. The fraction of sp³-hybridized carbons (Fsp3) is 0.414. The van der Waals surface area contributed by atoms with Crippen LogP contribution in [0.25, 0.3) is 0 Å². The lowest BCUT2D eigenvalue weighted by atomic mass is 9.94. The van der Waals surface area contributed by atoms with E-state index in [-0.39, 0.29) is 37.7 Å². The van der Waals surface area contributed by atoms with Crippen molar-refractivity contribution < 1.29 is 33.3 Å². The van der Waals surface area contributed by atoms with Gasteiger partial charge in [0, 0.05) is 45.3 Å². The summed E-state index contributed by atoms with van der Waals surface area (Å²) in [6, 6.07) is 10.2. The predicted molar refractivity (Wildman–Crippen MR) is 147 cm³/mol. The molecule has 12 nitrogen and oxygen atoms in total. The molecule has 4 heterocycles. The summed E-state index contributed by atoms with van der Waals surface area (Å²) in [6.45, 7) is 3.71. The first-order chi connectivity index (χ1) is 19.9. The van der Waals surface area contributed by atoms with Gasteiger partial charge in [0.25, 0.3) is 5.91 Å². The Morgan fingerprint density at radius 2 is 1.80 bits per heavy atom. The summed E-state index contributed by atoms with van der Waals surface area (Å²) in [5.74, 6) is 2.07. The highest BCUT2D eigenvalue weighted by Crippen LogP contribution is 2.42. The molecule has 1 atom stereocenters. The van der Waals surface area contributed by atoms with Gasteiger partial charge in [-0.15, -0.1) is 0 Å². The summed E-state index contributed by atoms with van der Waals surface area (Å²) in [6.07, 6.45) is 0. The number of para-hydroxylation sites is 1. The molecule has 0 spiro atoms. The van der Waals surface area contributed by atoms with Crippen molar-refractivity contribution in [2.24, 2.45) is 0 Å². The van der Waals surface area contributed by atoms with E-state index in [1.165, 1.54) is 24.0 Å². The number of amides is 4. The highest BCUT2D eigenvalue weighted by Gasteiger charge is 2.44.